The number of nitrogens with one attached hydrogen (secondary N) is 1. The van der Waals surface area contributed by atoms with Crippen LogP contribution in [0.1, 0.15) is 10.4 Å². The molecule has 1 amide bonds. The summed E-state index contributed by atoms with van der Waals surface area (Å²) in [5.41, 5.74) is 5.44. The zero-order valence-electron chi connectivity index (χ0n) is 11.6. The Morgan fingerprint density at radius 3 is 2.81 bits per heavy atom. The topological polar surface area (TPSA) is 111 Å². The van der Waals surface area contributed by atoms with E-state index in [4.69, 9.17) is 10.5 Å². The van der Waals surface area contributed by atoms with Crippen LogP contribution in [0.15, 0.2) is 18.2 Å². The number of ether oxygens (including phenoxy) is 1. The Morgan fingerprint density at radius 2 is 2.14 bits per heavy atom. The van der Waals surface area contributed by atoms with Crippen molar-refractivity contribution in [2.24, 2.45) is 0 Å². The molecule has 0 saturated carbocycles. The number of anilines is 1. The van der Waals surface area contributed by atoms with Gasteiger partial charge in [-0.05, 0) is 6.07 Å². The Hall–Kier alpha value is -2.19. The molecular weight excluding hydrogens is 276 g/mol. The fraction of sp³-hybridized carbons (Fsp3) is 0.462. The lowest BCUT2D eigenvalue weighted by Crippen LogP contribution is -2.41. The molecule has 0 aromatic heterocycles. The highest BCUT2D eigenvalue weighted by molar-refractivity contribution is 6.00. The van der Waals surface area contributed by atoms with Gasteiger partial charge in [-0.3, -0.25) is 19.8 Å². The summed E-state index contributed by atoms with van der Waals surface area (Å²) in [5, 5.41) is 13.5. The molecule has 0 bridgehead atoms. The molecule has 1 aliphatic heterocycles. The van der Waals surface area contributed by atoms with E-state index in [2.05, 4.69) is 10.2 Å². The van der Waals surface area contributed by atoms with E-state index >= 15 is 0 Å². The molecule has 0 radical (unpaired) electrons. The van der Waals surface area contributed by atoms with E-state index in [9.17, 15) is 14.9 Å². The van der Waals surface area contributed by atoms with Crippen molar-refractivity contribution in [2.45, 2.75) is 0 Å². The Bertz CT molecular complexity index is 529. The molecule has 1 fully saturated rings. The first-order chi connectivity index (χ1) is 10.1. The summed E-state index contributed by atoms with van der Waals surface area (Å²) in [5.74, 6) is -0.399. The normalized spacial score (nSPS) is 15.6. The van der Waals surface area contributed by atoms with Gasteiger partial charge in [0.2, 0.25) is 0 Å². The van der Waals surface area contributed by atoms with Gasteiger partial charge in [0.25, 0.3) is 11.6 Å². The molecule has 0 spiro atoms. The molecule has 1 saturated heterocycles. The van der Waals surface area contributed by atoms with Crippen molar-refractivity contribution in [1.82, 2.24) is 10.2 Å². The highest BCUT2D eigenvalue weighted by Crippen LogP contribution is 2.24. The number of hydrogen-bond donors (Lipinski definition) is 2. The van der Waals surface area contributed by atoms with E-state index in [1.54, 1.807) is 0 Å². The van der Waals surface area contributed by atoms with Gasteiger partial charge in [0.05, 0.1) is 23.7 Å². The van der Waals surface area contributed by atoms with Crippen LogP contribution in [0.3, 0.4) is 0 Å². The molecular formula is C13H18N4O4. The fourth-order valence-corrected chi connectivity index (χ4v) is 2.16. The van der Waals surface area contributed by atoms with E-state index in [1.165, 1.54) is 18.2 Å². The minimum atomic E-state index is -0.597. The third kappa shape index (κ3) is 3.89. The Balaban J connectivity index is 1.91. The van der Waals surface area contributed by atoms with Crippen LogP contribution in [0.2, 0.25) is 0 Å². The molecule has 0 unspecified atom stereocenters. The largest absolute Gasteiger partial charge is 0.393 e. The number of amides is 1. The van der Waals surface area contributed by atoms with Gasteiger partial charge >= 0.3 is 0 Å². The summed E-state index contributed by atoms with van der Waals surface area (Å²) in [6.07, 6.45) is 0. The molecule has 3 N–H and O–H groups in total. The van der Waals surface area contributed by atoms with Crippen molar-refractivity contribution in [2.75, 3.05) is 45.1 Å². The third-order valence-corrected chi connectivity index (χ3v) is 3.34. The van der Waals surface area contributed by atoms with Crippen LogP contribution in [0.25, 0.3) is 0 Å². The Morgan fingerprint density at radius 1 is 1.43 bits per heavy atom. The molecule has 1 aromatic carbocycles. The number of nitrogen functional groups attached to an aromatic ring is 1. The lowest BCUT2D eigenvalue weighted by atomic mass is 10.1. The Labute approximate surface area is 122 Å². The summed E-state index contributed by atoms with van der Waals surface area (Å²) < 4.78 is 5.24. The number of carbonyl (C=O) groups excluding carboxylic acids is 1. The number of carbonyl (C=O) groups is 1. The van der Waals surface area contributed by atoms with E-state index < -0.39 is 10.8 Å². The summed E-state index contributed by atoms with van der Waals surface area (Å²) in [6.45, 7) is 4.26. The predicted molar refractivity (Wildman–Crippen MR) is 77.1 cm³/mol. The maximum absolute atomic E-state index is 12.0. The summed E-state index contributed by atoms with van der Waals surface area (Å²) >= 11 is 0. The van der Waals surface area contributed by atoms with Crippen LogP contribution >= 0.6 is 0 Å². The lowest BCUT2D eigenvalue weighted by molar-refractivity contribution is -0.383. The monoisotopic (exact) mass is 294 g/mol. The van der Waals surface area contributed by atoms with Crippen molar-refractivity contribution in [1.29, 1.82) is 0 Å². The highest BCUT2D eigenvalue weighted by atomic mass is 16.6. The first-order valence-corrected chi connectivity index (χ1v) is 6.71. The van der Waals surface area contributed by atoms with Gasteiger partial charge in [0.15, 0.2) is 0 Å². The molecule has 0 atom stereocenters. The zero-order chi connectivity index (χ0) is 15.2. The van der Waals surface area contributed by atoms with E-state index in [1.807, 2.05) is 0 Å². The average molecular weight is 294 g/mol. The van der Waals surface area contributed by atoms with Gasteiger partial charge in [-0.1, -0.05) is 6.07 Å². The maximum Gasteiger partial charge on any atom is 0.292 e. The van der Waals surface area contributed by atoms with Gasteiger partial charge in [0.1, 0.15) is 5.69 Å². The molecule has 8 nitrogen and oxygen atoms in total. The van der Waals surface area contributed by atoms with E-state index in [-0.39, 0.29) is 16.9 Å². The average Bonchev–Trinajstić information content (AvgIpc) is 2.48. The number of nitro groups is 1. The molecule has 8 heteroatoms. The number of rotatable bonds is 5. The molecule has 1 aromatic rings. The SMILES string of the molecule is Nc1c(C(=O)NCCN2CCOCC2)cccc1[N+](=O)[O-]. The predicted octanol–water partition coefficient (Wildman–Crippen LogP) is 0.239. The van der Waals surface area contributed by atoms with E-state index in [0.717, 1.165) is 13.1 Å². The third-order valence-electron chi connectivity index (χ3n) is 3.34. The summed E-state index contributed by atoms with van der Waals surface area (Å²) in [6, 6.07) is 4.21. The minimum Gasteiger partial charge on any atom is -0.393 e. The van der Waals surface area contributed by atoms with Crippen molar-refractivity contribution in [3.05, 3.63) is 33.9 Å². The molecule has 1 heterocycles. The van der Waals surface area contributed by atoms with Crippen molar-refractivity contribution in [3.63, 3.8) is 0 Å². The molecule has 21 heavy (non-hydrogen) atoms. The number of hydrogen-bond acceptors (Lipinski definition) is 6. The Kier molecular flexibility index (Phi) is 5.07. The van der Waals surface area contributed by atoms with Crippen LogP contribution in [0.4, 0.5) is 11.4 Å². The summed E-state index contributed by atoms with van der Waals surface area (Å²) in [4.78, 5) is 24.4. The molecule has 0 aliphatic carbocycles. The number of para-hydroxylation sites is 1. The molecule has 1 aliphatic rings. The number of nitro benzene ring substituents is 1. The smallest absolute Gasteiger partial charge is 0.292 e. The summed E-state index contributed by atoms with van der Waals surface area (Å²) in [7, 11) is 0. The van der Waals surface area contributed by atoms with Crippen molar-refractivity contribution in [3.8, 4) is 0 Å². The van der Waals surface area contributed by atoms with Crippen molar-refractivity contribution < 1.29 is 14.5 Å². The quantitative estimate of drug-likeness (QED) is 0.457. The zero-order valence-corrected chi connectivity index (χ0v) is 11.6. The van der Waals surface area contributed by atoms with Crippen molar-refractivity contribution >= 4 is 17.3 Å². The fourth-order valence-electron chi connectivity index (χ4n) is 2.16. The number of benzene rings is 1. The van der Waals surface area contributed by atoms with Gasteiger partial charge < -0.3 is 15.8 Å². The molecule has 114 valence electrons. The van der Waals surface area contributed by atoms with Crippen LogP contribution in [0, 0.1) is 10.1 Å². The highest BCUT2D eigenvalue weighted by Gasteiger charge is 2.19. The standard InChI is InChI=1S/C13H18N4O4/c14-12-10(2-1-3-11(12)17(19)20)13(18)15-4-5-16-6-8-21-9-7-16/h1-3H,4-9,14H2,(H,15,18). The lowest BCUT2D eigenvalue weighted by Gasteiger charge is -2.26. The first-order valence-electron chi connectivity index (χ1n) is 6.71. The van der Waals surface area contributed by atoms with Crippen LogP contribution in [-0.2, 0) is 4.74 Å². The van der Waals surface area contributed by atoms with Gasteiger partial charge in [-0.2, -0.15) is 0 Å². The second-order valence-corrected chi connectivity index (χ2v) is 4.71. The number of nitrogens with zero attached hydrogens (tertiary/aromatic N) is 2. The minimum absolute atomic E-state index is 0.105. The first kappa shape index (κ1) is 15.2. The molecule has 2 rings (SSSR count). The van der Waals surface area contributed by atoms with Crippen LogP contribution < -0.4 is 11.1 Å². The van der Waals surface area contributed by atoms with E-state index in [0.29, 0.717) is 26.3 Å². The second kappa shape index (κ2) is 7.00. The van der Waals surface area contributed by atoms with Gasteiger partial charge in [-0.15, -0.1) is 0 Å². The van der Waals surface area contributed by atoms with Gasteiger partial charge in [0, 0.05) is 32.2 Å². The maximum atomic E-state index is 12.0. The second-order valence-electron chi connectivity index (χ2n) is 4.71. The number of nitrogens with two attached hydrogens (primary N) is 1. The van der Waals surface area contributed by atoms with Gasteiger partial charge in [-0.25, -0.2) is 0 Å². The number of morpholine rings is 1. The van der Waals surface area contributed by atoms with Crippen LogP contribution in [-0.4, -0.2) is 55.1 Å². The van der Waals surface area contributed by atoms with Crippen LogP contribution in [0.5, 0.6) is 0 Å².